The summed E-state index contributed by atoms with van der Waals surface area (Å²) in [6, 6.07) is 7.99. The van der Waals surface area contributed by atoms with Gasteiger partial charge in [0.1, 0.15) is 0 Å². The van der Waals surface area contributed by atoms with Crippen LogP contribution in [0, 0.1) is 6.92 Å². The van der Waals surface area contributed by atoms with E-state index in [1.807, 2.05) is 42.1 Å². The molecule has 0 aliphatic carbocycles. The zero-order valence-corrected chi connectivity index (χ0v) is 12.6. The molecule has 0 amide bonds. The van der Waals surface area contributed by atoms with Crippen LogP contribution >= 0.6 is 11.6 Å². The molecule has 0 bridgehead atoms. The van der Waals surface area contributed by atoms with Gasteiger partial charge in [-0.3, -0.25) is 0 Å². The third-order valence-electron chi connectivity index (χ3n) is 2.79. The highest BCUT2D eigenvalue weighted by Crippen LogP contribution is 2.21. The number of rotatable bonds is 3. The lowest BCUT2D eigenvalue weighted by Gasteiger charge is -2.19. The Hall–Kier alpha value is -1.32. The Bertz CT molecular complexity index is 567. The summed E-state index contributed by atoms with van der Waals surface area (Å²) in [5, 5.41) is 8.68. The topological polar surface area (TPSA) is 29.9 Å². The van der Waals surface area contributed by atoms with Crippen LogP contribution in [0.15, 0.2) is 30.5 Å². The highest BCUT2D eigenvalue weighted by Gasteiger charge is 2.10. The molecular formula is C15H20ClN3. The zero-order chi connectivity index (χ0) is 14.0. The molecule has 0 saturated carbocycles. The molecule has 0 aliphatic heterocycles. The summed E-state index contributed by atoms with van der Waals surface area (Å²) < 4.78 is 1.82. The molecule has 1 heterocycles. The SMILES string of the molecule is Cc1ccc(-n2ccc(CNC(C)(C)C)n2)c(Cl)c1. The summed E-state index contributed by atoms with van der Waals surface area (Å²) in [5.41, 5.74) is 3.15. The van der Waals surface area contributed by atoms with E-state index in [9.17, 15) is 0 Å². The summed E-state index contributed by atoms with van der Waals surface area (Å²) in [7, 11) is 0. The highest BCUT2D eigenvalue weighted by atomic mass is 35.5. The van der Waals surface area contributed by atoms with Gasteiger partial charge in [-0.15, -0.1) is 0 Å². The van der Waals surface area contributed by atoms with Gasteiger partial charge in [0.15, 0.2) is 0 Å². The molecule has 0 fully saturated rings. The van der Waals surface area contributed by atoms with Crippen molar-refractivity contribution in [3.8, 4) is 5.69 Å². The number of aryl methyl sites for hydroxylation is 1. The fourth-order valence-corrected chi connectivity index (χ4v) is 2.07. The van der Waals surface area contributed by atoms with E-state index in [0.717, 1.165) is 28.5 Å². The quantitative estimate of drug-likeness (QED) is 0.927. The fourth-order valence-electron chi connectivity index (χ4n) is 1.74. The van der Waals surface area contributed by atoms with Crippen molar-refractivity contribution in [2.45, 2.75) is 39.8 Å². The molecule has 1 N–H and O–H groups in total. The first-order chi connectivity index (χ1) is 8.85. The number of nitrogens with one attached hydrogen (secondary N) is 1. The maximum absolute atomic E-state index is 6.25. The minimum absolute atomic E-state index is 0.0886. The van der Waals surface area contributed by atoms with E-state index < -0.39 is 0 Å². The predicted octanol–water partition coefficient (Wildman–Crippen LogP) is 3.72. The molecule has 1 aromatic carbocycles. The second kappa shape index (κ2) is 5.35. The first kappa shape index (κ1) is 14.1. The van der Waals surface area contributed by atoms with Crippen LogP contribution in [0.2, 0.25) is 5.02 Å². The Morgan fingerprint density at radius 3 is 2.63 bits per heavy atom. The van der Waals surface area contributed by atoms with Crippen molar-refractivity contribution in [1.82, 2.24) is 15.1 Å². The standard InChI is InChI=1S/C15H20ClN3/c1-11-5-6-14(13(16)9-11)19-8-7-12(18-19)10-17-15(2,3)4/h5-9,17H,10H2,1-4H3. The van der Waals surface area contributed by atoms with Crippen LogP contribution in [0.5, 0.6) is 0 Å². The Labute approximate surface area is 119 Å². The minimum atomic E-state index is 0.0886. The van der Waals surface area contributed by atoms with Gasteiger partial charge in [-0.1, -0.05) is 17.7 Å². The molecule has 4 heteroatoms. The normalized spacial score (nSPS) is 11.8. The van der Waals surface area contributed by atoms with Crippen molar-refractivity contribution in [2.24, 2.45) is 0 Å². The molecule has 19 heavy (non-hydrogen) atoms. The van der Waals surface area contributed by atoms with Crippen molar-refractivity contribution in [3.05, 3.63) is 46.7 Å². The average Bonchev–Trinajstić information content (AvgIpc) is 2.74. The first-order valence-corrected chi connectivity index (χ1v) is 6.79. The number of benzene rings is 1. The van der Waals surface area contributed by atoms with Crippen LogP contribution in [0.3, 0.4) is 0 Å². The van der Waals surface area contributed by atoms with Gasteiger partial charge < -0.3 is 5.32 Å². The highest BCUT2D eigenvalue weighted by molar-refractivity contribution is 6.32. The lowest BCUT2D eigenvalue weighted by molar-refractivity contribution is 0.420. The lowest BCUT2D eigenvalue weighted by Crippen LogP contribution is -2.35. The van der Waals surface area contributed by atoms with E-state index in [-0.39, 0.29) is 5.54 Å². The number of aromatic nitrogens is 2. The van der Waals surface area contributed by atoms with Gasteiger partial charge in [-0.25, -0.2) is 4.68 Å². The van der Waals surface area contributed by atoms with E-state index in [1.165, 1.54) is 0 Å². The third kappa shape index (κ3) is 3.82. The van der Waals surface area contributed by atoms with Gasteiger partial charge in [0.25, 0.3) is 0 Å². The van der Waals surface area contributed by atoms with Crippen molar-refractivity contribution in [3.63, 3.8) is 0 Å². The van der Waals surface area contributed by atoms with Gasteiger partial charge in [0, 0.05) is 18.3 Å². The van der Waals surface area contributed by atoms with Crippen molar-refractivity contribution in [2.75, 3.05) is 0 Å². The molecule has 2 rings (SSSR count). The van der Waals surface area contributed by atoms with Crippen molar-refractivity contribution < 1.29 is 0 Å². The lowest BCUT2D eigenvalue weighted by atomic mass is 10.1. The number of halogens is 1. The smallest absolute Gasteiger partial charge is 0.0832 e. The summed E-state index contributed by atoms with van der Waals surface area (Å²) >= 11 is 6.25. The molecule has 0 radical (unpaired) electrons. The number of nitrogens with zero attached hydrogens (tertiary/aromatic N) is 2. The molecule has 0 spiro atoms. The zero-order valence-electron chi connectivity index (χ0n) is 11.9. The minimum Gasteiger partial charge on any atom is -0.306 e. The first-order valence-electron chi connectivity index (χ1n) is 6.41. The van der Waals surface area contributed by atoms with Crippen molar-refractivity contribution in [1.29, 1.82) is 0 Å². The van der Waals surface area contributed by atoms with Gasteiger partial charge in [0.2, 0.25) is 0 Å². The second-order valence-electron chi connectivity index (χ2n) is 5.81. The molecule has 3 nitrogen and oxygen atoms in total. The Balaban J connectivity index is 2.16. The Morgan fingerprint density at radius 2 is 2.00 bits per heavy atom. The maximum atomic E-state index is 6.25. The van der Waals surface area contributed by atoms with Crippen LogP contribution in [-0.4, -0.2) is 15.3 Å². The molecule has 1 aromatic heterocycles. The van der Waals surface area contributed by atoms with E-state index in [4.69, 9.17) is 11.6 Å². The average molecular weight is 278 g/mol. The van der Waals surface area contributed by atoms with Crippen LogP contribution in [0.25, 0.3) is 5.69 Å². The molecule has 0 saturated heterocycles. The molecule has 0 atom stereocenters. The summed E-state index contributed by atoms with van der Waals surface area (Å²) in [6.07, 6.45) is 1.94. The third-order valence-corrected chi connectivity index (χ3v) is 3.10. The summed E-state index contributed by atoms with van der Waals surface area (Å²) in [5.74, 6) is 0. The second-order valence-corrected chi connectivity index (χ2v) is 6.22. The van der Waals surface area contributed by atoms with Crippen LogP contribution in [-0.2, 0) is 6.54 Å². The predicted molar refractivity (Wildman–Crippen MR) is 79.9 cm³/mol. The molecular weight excluding hydrogens is 258 g/mol. The van der Waals surface area contributed by atoms with Gasteiger partial charge in [-0.05, 0) is 51.5 Å². The van der Waals surface area contributed by atoms with E-state index in [1.54, 1.807) is 0 Å². The number of hydrogen-bond acceptors (Lipinski definition) is 2. The maximum Gasteiger partial charge on any atom is 0.0832 e. The molecule has 0 aliphatic rings. The van der Waals surface area contributed by atoms with Gasteiger partial charge in [0.05, 0.1) is 16.4 Å². The molecule has 102 valence electrons. The van der Waals surface area contributed by atoms with Crippen molar-refractivity contribution >= 4 is 11.6 Å². The van der Waals surface area contributed by atoms with Gasteiger partial charge >= 0.3 is 0 Å². The monoisotopic (exact) mass is 277 g/mol. The molecule has 0 unspecified atom stereocenters. The Kier molecular flexibility index (Phi) is 3.97. The van der Waals surface area contributed by atoms with Crippen LogP contribution in [0.1, 0.15) is 32.0 Å². The molecule has 2 aromatic rings. The summed E-state index contributed by atoms with van der Waals surface area (Å²) in [4.78, 5) is 0. The van der Waals surface area contributed by atoms with E-state index in [2.05, 4.69) is 31.2 Å². The van der Waals surface area contributed by atoms with Gasteiger partial charge in [-0.2, -0.15) is 5.10 Å². The van der Waals surface area contributed by atoms with Crippen LogP contribution in [0.4, 0.5) is 0 Å². The Morgan fingerprint density at radius 1 is 1.26 bits per heavy atom. The van der Waals surface area contributed by atoms with E-state index in [0.29, 0.717) is 0 Å². The number of hydrogen-bond donors (Lipinski definition) is 1. The largest absolute Gasteiger partial charge is 0.306 e. The van der Waals surface area contributed by atoms with E-state index >= 15 is 0 Å². The van der Waals surface area contributed by atoms with Crippen LogP contribution < -0.4 is 5.32 Å². The summed E-state index contributed by atoms with van der Waals surface area (Å²) in [6.45, 7) is 9.19. The fraction of sp³-hybridized carbons (Fsp3) is 0.400.